The first kappa shape index (κ1) is 27.3. The highest BCUT2D eigenvalue weighted by molar-refractivity contribution is 6.35. The van der Waals surface area contributed by atoms with Gasteiger partial charge in [0.25, 0.3) is 0 Å². The Balaban J connectivity index is 1.30. The number of alkyl halides is 1. The highest BCUT2D eigenvalue weighted by Gasteiger charge is 2.49. The first-order valence-corrected chi connectivity index (χ1v) is 15.3. The van der Waals surface area contributed by atoms with Gasteiger partial charge in [-0.25, -0.2) is 17.6 Å². The van der Waals surface area contributed by atoms with Crippen LogP contribution in [0.1, 0.15) is 32.1 Å². The lowest BCUT2D eigenvalue weighted by molar-refractivity contribution is 0.107. The van der Waals surface area contributed by atoms with Crippen molar-refractivity contribution in [2.75, 3.05) is 37.7 Å². The molecule has 0 radical (unpaired) electrons. The molecule has 1 N–H and O–H groups in total. The Kier molecular flexibility index (Phi) is 6.47. The molecule has 4 atom stereocenters. The van der Waals surface area contributed by atoms with Crippen LogP contribution in [0.2, 0.25) is 5.02 Å². The van der Waals surface area contributed by atoms with Crippen LogP contribution in [0.15, 0.2) is 36.4 Å². The Bertz CT molecular complexity index is 1760. The lowest BCUT2D eigenvalue weighted by atomic mass is 9.95. The Labute approximate surface area is 251 Å². The lowest BCUT2D eigenvalue weighted by Crippen LogP contribution is -2.51. The second-order valence-electron chi connectivity index (χ2n) is 12.4. The lowest BCUT2D eigenvalue weighted by Gasteiger charge is -2.35. The first-order valence-electron chi connectivity index (χ1n) is 14.9. The summed E-state index contributed by atoms with van der Waals surface area (Å²) in [6.45, 7) is 2.40. The average Bonchev–Trinajstić information content (AvgIpc) is 3.65. The minimum Gasteiger partial charge on any atom is -0.461 e. The van der Waals surface area contributed by atoms with E-state index < -0.39 is 34.2 Å². The smallest absolute Gasteiger partial charge is 0.319 e. The van der Waals surface area contributed by atoms with Crippen molar-refractivity contribution < 1.29 is 22.3 Å². The van der Waals surface area contributed by atoms with Gasteiger partial charge in [0.15, 0.2) is 11.6 Å². The van der Waals surface area contributed by atoms with Gasteiger partial charge >= 0.3 is 6.01 Å². The number of rotatable bonds is 5. The fourth-order valence-corrected chi connectivity index (χ4v) is 8.15. The second kappa shape index (κ2) is 10.2. The highest BCUT2D eigenvalue weighted by atomic mass is 35.5. The summed E-state index contributed by atoms with van der Waals surface area (Å²) in [6.07, 6.45) is 3.09. The molecule has 4 saturated heterocycles. The molecule has 1 aromatic heterocycles. The molecule has 3 aromatic carbocycles. The van der Waals surface area contributed by atoms with Crippen molar-refractivity contribution in [1.29, 1.82) is 0 Å². The zero-order chi connectivity index (χ0) is 29.5. The third kappa shape index (κ3) is 4.36. The first-order chi connectivity index (χ1) is 20.8. The molecule has 0 spiro atoms. The highest BCUT2D eigenvalue weighted by Crippen LogP contribution is 2.45. The van der Waals surface area contributed by atoms with E-state index in [1.807, 2.05) is 4.90 Å². The number of piperazine rings is 1. The van der Waals surface area contributed by atoms with E-state index in [0.717, 1.165) is 32.2 Å². The van der Waals surface area contributed by atoms with Gasteiger partial charge in [-0.15, -0.1) is 0 Å². The molecule has 2 bridgehead atoms. The molecule has 8 rings (SSSR count). The third-order valence-corrected chi connectivity index (χ3v) is 10.2. The van der Waals surface area contributed by atoms with E-state index in [1.54, 1.807) is 24.3 Å². The summed E-state index contributed by atoms with van der Waals surface area (Å²) in [5, 5.41) is 3.62. The van der Waals surface area contributed by atoms with Crippen molar-refractivity contribution in [2.45, 2.75) is 55.9 Å². The van der Waals surface area contributed by atoms with E-state index in [0.29, 0.717) is 31.4 Å². The summed E-state index contributed by atoms with van der Waals surface area (Å²) < 4.78 is 68.8. The minimum absolute atomic E-state index is 0.104. The van der Waals surface area contributed by atoms with Crippen molar-refractivity contribution in [2.24, 2.45) is 0 Å². The molecule has 11 heteroatoms. The molecule has 0 amide bonds. The van der Waals surface area contributed by atoms with Crippen LogP contribution in [0.5, 0.6) is 6.01 Å². The molecule has 4 aliphatic heterocycles. The van der Waals surface area contributed by atoms with Crippen molar-refractivity contribution in [3.8, 4) is 17.1 Å². The average molecular weight is 612 g/mol. The Morgan fingerprint density at radius 3 is 2.53 bits per heavy atom. The number of nitrogens with one attached hydrogen (secondary N) is 1. The zero-order valence-corrected chi connectivity index (χ0v) is 24.1. The van der Waals surface area contributed by atoms with Crippen LogP contribution in [0.4, 0.5) is 23.4 Å². The standard InChI is InChI=1S/C32H30ClF4N5O/c33-26-24(21-6-1-4-17-5-2-7-22(35)23(17)21)28(37)29-25(27(26)36)30(41-14-19-8-9-20(15-41)38-19)40-31(39-29)43-16-32-10-3-11-42(32)13-18(34)12-32/h1-2,4-7,18-20,38H,3,8-16H2/t18-,19+,20?,32+/m1/s1. The van der Waals surface area contributed by atoms with Gasteiger partial charge in [-0.3, -0.25) is 4.90 Å². The van der Waals surface area contributed by atoms with Crippen LogP contribution < -0.4 is 15.0 Å². The molecule has 5 heterocycles. The van der Waals surface area contributed by atoms with Gasteiger partial charge in [0, 0.05) is 49.1 Å². The molecule has 4 aromatic rings. The van der Waals surface area contributed by atoms with Crippen molar-refractivity contribution in [3.63, 3.8) is 0 Å². The number of hydrogen-bond acceptors (Lipinski definition) is 6. The number of nitrogens with zero attached hydrogens (tertiary/aromatic N) is 4. The maximum Gasteiger partial charge on any atom is 0.319 e. The monoisotopic (exact) mass is 611 g/mol. The number of hydrogen-bond donors (Lipinski definition) is 1. The molecule has 4 fully saturated rings. The number of benzene rings is 3. The number of anilines is 1. The molecule has 43 heavy (non-hydrogen) atoms. The third-order valence-electron chi connectivity index (χ3n) is 9.80. The molecule has 0 aliphatic carbocycles. The van der Waals surface area contributed by atoms with E-state index in [2.05, 4.69) is 20.2 Å². The predicted octanol–water partition coefficient (Wildman–Crippen LogP) is 6.42. The Morgan fingerprint density at radius 1 is 0.977 bits per heavy atom. The molecule has 224 valence electrons. The normalized spacial score (nSPS) is 27.0. The predicted molar refractivity (Wildman–Crippen MR) is 158 cm³/mol. The van der Waals surface area contributed by atoms with Crippen LogP contribution in [-0.4, -0.2) is 71.4 Å². The fourth-order valence-electron chi connectivity index (χ4n) is 7.87. The Hall–Kier alpha value is -3.21. The number of halogens is 5. The van der Waals surface area contributed by atoms with E-state index in [4.69, 9.17) is 16.3 Å². The number of aromatic nitrogens is 2. The van der Waals surface area contributed by atoms with Crippen LogP contribution >= 0.6 is 11.6 Å². The maximum atomic E-state index is 16.7. The summed E-state index contributed by atoms with van der Waals surface area (Å²) in [4.78, 5) is 13.1. The van der Waals surface area contributed by atoms with Gasteiger partial charge in [0.2, 0.25) is 0 Å². The summed E-state index contributed by atoms with van der Waals surface area (Å²) in [6, 6.07) is 9.70. The van der Waals surface area contributed by atoms with Crippen molar-refractivity contribution in [1.82, 2.24) is 20.2 Å². The summed E-state index contributed by atoms with van der Waals surface area (Å²) >= 11 is 6.61. The van der Waals surface area contributed by atoms with E-state index >= 15 is 13.2 Å². The van der Waals surface area contributed by atoms with Crippen LogP contribution in [0.25, 0.3) is 32.8 Å². The summed E-state index contributed by atoms with van der Waals surface area (Å²) in [5.41, 5.74) is -0.898. The van der Waals surface area contributed by atoms with Gasteiger partial charge in [-0.05, 0) is 49.2 Å². The fraction of sp³-hybridized carbons (Fsp3) is 0.438. The second-order valence-corrected chi connectivity index (χ2v) is 12.8. The number of fused-ring (bicyclic) bond motifs is 5. The SMILES string of the molecule is Fc1c(-c2cccc3cccc(F)c23)c(Cl)c(F)c2c(N3CC4CC[C@@H](C3)N4)nc(OC[C@@]34CCCN3C[C@H](F)C4)nc12. The van der Waals surface area contributed by atoms with Gasteiger partial charge in [0.05, 0.1) is 15.9 Å². The Morgan fingerprint density at radius 2 is 1.74 bits per heavy atom. The molecule has 6 nitrogen and oxygen atoms in total. The van der Waals surface area contributed by atoms with Crippen LogP contribution in [0, 0.1) is 17.5 Å². The quantitative estimate of drug-likeness (QED) is 0.208. The minimum atomic E-state index is -0.939. The molecule has 0 saturated carbocycles. The summed E-state index contributed by atoms with van der Waals surface area (Å²) in [7, 11) is 0. The summed E-state index contributed by atoms with van der Waals surface area (Å²) in [5.74, 6) is -2.11. The van der Waals surface area contributed by atoms with Gasteiger partial charge in [0.1, 0.15) is 29.9 Å². The largest absolute Gasteiger partial charge is 0.461 e. The van der Waals surface area contributed by atoms with Crippen LogP contribution in [0.3, 0.4) is 0 Å². The zero-order valence-electron chi connectivity index (χ0n) is 23.4. The molecular formula is C32H30ClF4N5O. The van der Waals surface area contributed by atoms with E-state index in [-0.39, 0.29) is 57.9 Å². The van der Waals surface area contributed by atoms with E-state index in [9.17, 15) is 4.39 Å². The van der Waals surface area contributed by atoms with Crippen LogP contribution in [-0.2, 0) is 0 Å². The van der Waals surface area contributed by atoms with Crippen molar-refractivity contribution >= 4 is 39.1 Å². The van der Waals surface area contributed by atoms with E-state index in [1.165, 1.54) is 12.1 Å². The van der Waals surface area contributed by atoms with Crippen molar-refractivity contribution in [3.05, 3.63) is 58.9 Å². The molecular weight excluding hydrogens is 582 g/mol. The number of ether oxygens (including phenoxy) is 1. The maximum absolute atomic E-state index is 16.7. The topological polar surface area (TPSA) is 53.5 Å². The van der Waals surface area contributed by atoms with Gasteiger partial charge in [-0.2, -0.15) is 9.97 Å². The van der Waals surface area contributed by atoms with Gasteiger partial charge in [-0.1, -0.05) is 41.9 Å². The molecule has 1 unspecified atom stereocenters. The molecule has 4 aliphatic rings. The van der Waals surface area contributed by atoms with Gasteiger partial charge < -0.3 is 15.0 Å².